The van der Waals surface area contributed by atoms with E-state index in [0.29, 0.717) is 12.6 Å². The second-order valence-electron chi connectivity index (χ2n) is 7.19. The largest absolute Gasteiger partial charge is 0.496 e. The molecule has 1 atom stereocenters. The van der Waals surface area contributed by atoms with Gasteiger partial charge in [0.2, 0.25) is 0 Å². The molecule has 4 nitrogen and oxygen atoms in total. The van der Waals surface area contributed by atoms with Crippen LogP contribution in [0.1, 0.15) is 17.5 Å². The Morgan fingerprint density at radius 1 is 1.29 bits per heavy atom. The standard InChI is InChI=1S/C22H25FN2O2.ClH/c1-25(17-12-19-21(26-2)6-3-7-22(19)27-14-17)10-4-5-15-13-24-20-9-8-16(23)11-18(15)20;/h3,6-9,11,13,17,24H,4-5,10,12,14H2,1-2H3;1H. The number of likely N-dealkylation sites (N-methyl/N-ethyl adjacent to an activating group) is 1. The van der Waals surface area contributed by atoms with Crippen LogP contribution in [-0.4, -0.2) is 43.2 Å². The summed E-state index contributed by atoms with van der Waals surface area (Å²) in [5.74, 6) is 1.64. The van der Waals surface area contributed by atoms with Crippen molar-refractivity contribution in [2.45, 2.75) is 25.3 Å². The van der Waals surface area contributed by atoms with E-state index in [1.165, 1.54) is 11.6 Å². The van der Waals surface area contributed by atoms with Gasteiger partial charge in [-0.2, -0.15) is 0 Å². The second-order valence-corrected chi connectivity index (χ2v) is 7.19. The molecule has 0 bridgehead atoms. The first-order valence-corrected chi connectivity index (χ1v) is 9.40. The van der Waals surface area contributed by atoms with Gasteiger partial charge in [-0.25, -0.2) is 4.39 Å². The van der Waals surface area contributed by atoms with Gasteiger partial charge in [0.05, 0.1) is 7.11 Å². The molecule has 3 aromatic rings. The molecule has 4 rings (SSSR count). The average molecular weight is 405 g/mol. The highest BCUT2D eigenvalue weighted by atomic mass is 35.5. The van der Waals surface area contributed by atoms with Crippen molar-refractivity contribution >= 4 is 23.3 Å². The van der Waals surface area contributed by atoms with Gasteiger partial charge in [-0.05, 0) is 68.8 Å². The molecule has 1 aliphatic rings. The third-order valence-corrected chi connectivity index (χ3v) is 5.49. The molecule has 0 spiro atoms. The number of hydrogen-bond donors (Lipinski definition) is 1. The number of ether oxygens (including phenoxy) is 2. The molecule has 0 saturated heterocycles. The summed E-state index contributed by atoms with van der Waals surface area (Å²) in [5.41, 5.74) is 3.31. The highest BCUT2D eigenvalue weighted by molar-refractivity contribution is 5.85. The van der Waals surface area contributed by atoms with Gasteiger partial charge in [0.25, 0.3) is 0 Å². The van der Waals surface area contributed by atoms with Crippen molar-refractivity contribution in [3.63, 3.8) is 0 Å². The molecule has 150 valence electrons. The van der Waals surface area contributed by atoms with Gasteiger partial charge in [0.15, 0.2) is 0 Å². The molecule has 0 aliphatic carbocycles. The lowest BCUT2D eigenvalue weighted by Gasteiger charge is -2.33. The Labute approximate surface area is 171 Å². The van der Waals surface area contributed by atoms with E-state index in [1.54, 1.807) is 19.2 Å². The van der Waals surface area contributed by atoms with Crippen LogP contribution in [0.25, 0.3) is 10.9 Å². The van der Waals surface area contributed by atoms with Crippen LogP contribution in [0.4, 0.5) is 4.39 Å². The average Bonchev–Trinajstić information content (AvgIpc) is 3.09. The van der Waals surface area contributed by atoms with Crippen LogP contribution >= 0.6 is 12.4 Å². The van der Waals surface area contributed by atoms with Gasteiger partial charge in [0.1, 0.15) is 23.9 Å². The third-order valence-electron chi connectivity index (χ3n) is 5.49. The van der Waals surface area contributed by atoms with Gasteiger partial charge >= 0.3 is 0 Å². The van der Waals surface area contributed by atoms with E-state index in [1.807, 2.05) is 24.4 Å². The summed E-state index contributed by atoms with van der Waals surface area (Å²) in [5, 5.41) is 0.984. The van der Waals surface area contributed by atoms with Crippen molar-refractivity contribution in [2.24, 2.45) is 0 Å². The lowest BCUT2D eigenvalue weighted by atomic mass is 10.00. The van der Waals surface area contributed by atoms with Crippen LogP contribution in [-0.2, 0) is 12.8 Å². The molecular formula is C22H26ClFN2O2. The molecule has 1 unspecified atom stereocenters. The normalized spacial score (nSPS) is 15.8. The molecule has 28 heavy (non-hydrogen) atoms. The predicted molar refractivity (Wildman–Crippen MR) is 112 cm³/mol. The van der Waals surface area contributed by atoms with Crippen LogP contribution in [0, 0.1) is 5.82 Å². The van der Waals surface area contributed by atoms with Crippen LogP contribution in [0.15, 0.2) is 42.6 Å². The van der Waals surface area contributed by atoms with E-state index in [0.717, 1.165) is 53.8 Å². The molecule has 0 saturated carbocycles. The first kappa shape index (κ1) is 20.5. The van der Waals surface area contributed by atoms with Crippen molar-refractivity contribution in [1.82, 2.24) is 9.88 Å². The lowest BCUT2D eigenvalue weighted by molar-refractivity contribution is 0.140. The summed E-state index contributed by atoms with van der Waals surface area (Å²) in [7, 11) is 3.84. The molecule has 6 heteroatoms. The molecule has 1 aliphatic heterocycles. The topological polar surface area (TPSA) is 37.5 Å². The molecule has 0 radical (unpaired) electrons. The number of aryl methyl sites for hydroxylation is 1. The first-order valence-electron chi connectivity index (χ1n) is 9.40. The summed E-state index contributed by atoms with van der Waals surface area (Å²) in [6, 6.07) is 11.2. The van der Waals surface area contributed by atoms with Gasteiger partial charge < -0.3 is 14.5 Å². The Morgan fingerprint density at radius 2 is 2.14 bits per heavy atom. The van der Waals surface area contributed by atoms with Gasteiger partial charge in [-0.1, -0.05) is 6.07 Å². The number of methoxy groups -OCH3 is 1. The van der Waals surface area contributed by atoms with E-state index < -0.39 is 0 Å². The molecule has 2 heterocycles. The van der Waals surface area contributed by atoms with E-state index in [4.69, 9.17) is 9.47 Å². The zero-order valence-corrected chi connectivity index (χ0v) is 17.0. The van der Waals surface area contributed by atoms with Gasteiger partial charge in [0, 0.05) is 28.7 Å². The SMILES string of the molecule is COc1cccc2c1CC(N(C)CCCc1c[nH]c3ccc(F)cc13)CO2.Cl. The molecule has 0 fully saturated rings. The quantitative estimate of drug-likeness (QED) is 0.652. The number of H-pyrrole nitrogens is 1. The number of aromatic nitrogens is 1. The predicted octanol–water partition coefficient (Wildman–Crippen LogP) is 4.61. The fourth-order valence-corrected chi connectivity index (χ4v) is 3.90. The number of fused-ring (bicyclic) bond motifs is 2. The molecule has 1 N–H and O–H groups in total. The maximum absolute atomic E-state index is 13.5. The Balaban J connectivity index is 0.00000225. The zero-order valence-electron chi connectivity index (χ0n) is 16.2. The first-order chi connectivity index (χ1) is 13.2. The number of rotatable bonds is 6. The Hall–Kier alpha value is -2.24. The highest BCUT2D eigenvalue weighted by Gasteiger charge is 2.25. The summed E-state index contributed by atoms with van der Waals surface area (Å²) in [4.78, 5) is 5.58. The minimum Gasteiger partial charge on any atom is -0.496 e. The highest BCUT2D eigenvalue weighted by Crippen LogP contribution is 2.33. The number of nitrogens with one attached hydrogen (secondary N) is 1. The van der Waals surface area contributed by atoms with Crippen LogP contribution in [0.3, 0.4) is 0 Å². The fourth-order valence-electron chi connectivity index (χ4n) is 3.90. The van der Waals surface area contributed by atoms with Crippen molar-refractivity contribution in [3.8, 4) is 11.5 Å². The maximum atomic E-state index is 13.5. The molecule has 1 aromatic heterocycles. The summed E-state index contributed by atoms with van der Waals surface area (Å²) in [6.07, 6.45) is 4.85. The zero-order chi connectivity index (χ0) is 18.8. The lowest BCUT2D eigenvalue weighted by Crippen LogP contribution is -2.41. The third kappa shape index (κ3) is 4.10. The molecular weight excluding hydrogens is 379 g/mol. The smallest absolute Gasteiger partial charge is 0.126 e. The second kappa shape index (κ2) is 8.84. The van der Waals surface area contributed by atoms with Crippen molar-refractivity contribution in [2.75, 3.05) is 27.3 Å². The maximum Gasteiger partial charge on any atom is 0.126 e. The molecule has 2 aromatic carbocycles. The van der Waals surface area contributed by atoms with Crippen molar-refractivity contribution in [3.05, 3.63) is 59.5 Å². The Bertz CT molecular complexity index is 929. The fraction of sp³-hybridized carbons (Fsp3) is 0.364. The minimum atomic E-state index is -0.188. The van der Waals surface area contributed by atoms with Crippen LogP contribution in [0.5, 0.6) is 11.5 Å². The minimum absolute atomic E-state index is 0. The van der Waals surface area contributed by atoms with Crippen LogP contribution in [0.2, 0.25) is 0 Å². The van der Waals surface area contributed by atoms with Crippen molar-refractivity contribution < 1.29 is 13.9 Å². The van der Waals surface area contributed by atoms with E-state index >= 15 is 0 Å². The van der Waals surface area contributed by atoms with E-state index in [2.05, 4.69) is 16.9 Å². The van der Waals surface area contributed by atoms with E-state index in [-0.39, 0.29) is 18.2 Å². The Kier molecular flexibility index (Phi) is 6.47. The summed E-state index contributed by atoms with van der Waals surface area (Å²) < 4.78 is 25.0. The number of halogens is 2. The molecule has 0 amide bonds. The monoisotopic (exact) mass is 404 g/mol. The van der Waals surface area contributed by atoms with Gasteiger partial charge in [-0.3, -0.25) is 4.90 Å². The number of aromatic amines is 1. The number of hydrogen-bond acceptors (Lipinski definition) is 3. The Morgan fingerprint density at radius 3 is 2.96 bits per heavy atom. The van der Waals surface area contributed by atoms with Crippen LogP contribution < -0.4 is 9.47 Å². The van der Waals surface area contributed by atoms with Gasteiger partial charge in [-0.15, -0.1) is 12.4 Å². The number of benzene rings is 2. The summed E-state index contributed by atoms with van der Waals surface area (Å²) >= 11 is 0. The summed E-state index contributed by atoms with van der Waals surface area (Å²) in [6.45, 7) is 1.65. The number of nitrogens with zero attached hydrogens (tertiary/aromatic N) is 1. The van der Waals surface area contributed by atoms with Crippen molar-refractivity contribution in [1.29, 1.82) is 0 Å². The van der Waals surface area contributed by atoms with E-state index in [9.17, 15) is 4.39 Å².